The normalized spacial score (nSPS) is 11.6. The monoisotopic (exact) mass is 301 g/mol. The van der Waals surface area contributed by atoms with E-state index < -0.39 is 0 Å². The number of rotatable bonds is 6. The van der Waals surface area contributed by atoms with Gasteiger partial charge in [0.1, 0.15) is 5.75 Å². The second-order valence-corrected chi connectivity index (χ2v) is 5.93. The summed E-state index contributed by atoms with van der Waals surface area (Å²) < 4.78 is 10.8. The van der Waals surface area contributed by atoms with Crippen LogP contribution in [0, 0.1) is 6.92 Å². The minimum Gasteiger partial charge on any atom is -0.467 e. The van der Waals surface area contributed by atoms with E-state index in [9.17, 15) is 0 Å². The van der Waals surface area contributed by atoms with Crippen molar-refractivity contribution in [2.75, 3.05) is 21.0 Å². The van der Waals surface area contributed by atoms with E-state index in [1.807, 2.05) is 12.3 Å². The molecule has 0 amide bonds. The van der Waals surface area contributed by atoms with Crippen molar-refractivity contribution in [1.82, 2.24) is 0 Å². The Kier molecular flexibility index (Phi) is 5.91. The molecule has 4 heteroatoms. The van der Waals surface area contributed by atoms with Crippen molar-refractivity contribution in [1.29, 1.82) is 0 Å². The Morgan fingerprint density at radius 3 is 2.62 bits per heavy atom. The van der Waals surface area contributed by atoms with Crippen LogP contribution in [-0.2, 0) is 4.74 Å². The fraction of sp³-hybridized carbons (Fsp3) is 0.235. The van der Waals surface area contributed by atoms with Gasteiger partial charge in [0, 0.05) is 25.7 Å². The van der Waals surface area contributed by atoms with Gasteiger partial charge in [-0.25, -0.2) is 0 Å². The molecule has 0 aliphatic carbocycles. The van der Waals surface area contributed by atoms with E-state index in [4.69, 9.17) is 9.47 Å². The number of ether oxygens (including phenoxy) is 2. The molecule has 110 valence electrons. The van der Waals surface area contributed by atoms with Crippen molar-refractivity contribution in [2.45, 2.75) is 6.92 Å². The zero-order valence-corrected chi connectivity index (χ0v) is 13.6. The van der Waals surface area contributed by atoms with Gasteiger partial charge >= 0.3 is 0 Å². The SMILES string of the molecule is C/N=C/c1ccccc1Pc1cccc(C)c1OCOC. The quantitative estimate of drug-likeness (QED) is 0.466. The summed E-state index contributed by atoms with van der Waals surface area (Å²) in [6.45, 7) is 2.32. The summed E-state index contributed by atoms with van der Waals surface area (Å²) >= 11 is 0. The minimum absolute atomic E-state index is 0.264. The highest BCUT2D eigenvalue weighted by molar-refractivity contribution is 7.56. The molecule has 0 fully saturated rings. The first kappa shape index (κ1) is 15.7. The zero-order chi connectivity index (χ0) is 15.1. The van der Waals surface area contributed by atoms with Crippen LogP contribution >= 0.6 is 8.58 Å². The molecule has 0 aromatic heterocycles. The zero-order valence-electron chi connectivity index (χ0n) is 12.6. The number of methoxy groups -OCH3 is 1. The van der Waals surface area contributed by atoms with Crippen molar-refractivity contribution < 1.29 is 9.47 Å². The van der Waals surface area contributed by atoms with Crippen molar-refractivity contribution in [3.05, 3.63) is 53.6 Å². The van der Waals surface area contributed by atoms with E-state index in [1.54, 1.807) is 14.2 Å². The second-order valence-electron chi connectivity index (χ2n) is 4.60. The lowest BCUT2D eigenvalue weighted by Gasteiger charge is -2.14. The molecule has 1 unspecified atom stereocenters. The van der Waals surface area contributed by atoms with E-state index in [1.165, 1.54) is 10.6 Å². The summed E-state index contributed by atoms with van der Waals surface area (Å²) in [5.41, 5.74) is 2.27. The maximum atomic E-state index is 5.74. The summed E-state index contributed by atoms with van der Waals surface area (Å²) in [6.07, 6.45) is 1.90. The fourth-order valence-electron chi connectivity index (χ4n) is 2.07. The molecule has 0 saturated carbocycles. The Balaban J connectivity index is 2.33. The van der Waals surface area contributed by atoms with Crippen LogP contribution in [0.2, 0.25) is 0 Å². The summed E-state index contributed by atoms with van der Waals surface area (Å²) in [7, 11) is 3.94. The average Bonchev–Trinajstić information content (AvgIpc) is 2.49. The van der Waals surface area contributed by atoms with Gasteiger partial charge in [0.15, 0.2) is 6.79 Å². The smallest absolute Gasteiger partial charge is 0.188 e. The first-order chi connectivity index (χ1) is 10.3. The van der Waals surface area contributed by atoms with Gasteiger partial charge in [0.05, 0.1) is 0 Å². The van der Waals surface area contributed by atoms with Gasteiger partial charge in [-0.05, 0) is 23.4 Å². The molecule has 2 rings (SSSR count). The predicted molar refractivity (Wildman–Crippen MR) is 91.2 cm³/mol. The molecule has 0 radical (unpaired) electrons. The molecule has 0 bridgehead atoms. The highest BCUT2D eigenvalue weighted by atomic mass is 31.1. The molecule has 21 heavy (non-hydrogen) atoms. The molecule has 0 aliphatic heterocycles. The topological polar surface area (TPSA) is 30.8 Å². The summed E-state index contributed by atoms with van der Waals surface area (Å²) in [6, 6.07) is 14.5. The standard InChI is InChI=1S/C17H20NO2P/c1-13-7-6-10-16(17(13)20-12-19-3)21-15-9-5-4-8-14(15)11-18-2/h4-11,21H,12H2,1-3H3/b18-11+. The van der Waals surface area contributed by atoms with Crippen LogP contribution < -0.4 is 15.3 Å². The molecule has 0 heterocycles. The second kappa shape index (κ2) is 7.92. The molecule has 1 atom stereocenters. The molecular weight excluding hydrogens is 281 g/mol. The van der Waals surface area contributed by atoms with E-state index >= 15 is 0 Å². The Hall–Kier alpha value is -1.70. The molecule has 0 aliphatic rings. The highest BCUT2D eigenvalue weighted by Gasteiger charge is 2.09. The van der Waals surface area contributed by atoms with Gasteiger partial charge in [-0.3, -0.25) is 4.99 Å². The molecule has 0 spiro atoms. The lowest BCUT2D eigenvalue weighted by atomic mass is 10.2. The third-order valence-corrected chi connectivity index (χ3v) is 4.42. The van der Waals surface area contributed by atoms with Gasteiger partial charge in [0.25, 0.3) is 0 Å². The summed E-state index contributed by atoms with van der Waals surface area (Å²) in [4.78, 5) is 4.13. The maximum absolute atomic E-state index is 5.74. The van der Waals surface area contributed by atoms with Gasteiger partial charge in [-0.1, -0.05) is 51.0 Å². The molecular formula is C17H20NO2P. The summed E-state index contributed by atoms with van der Waals surface area (Å²) in [5.74, 6) is 0.918. The predicted octanol–water partition coefficient (Wildman–Crippen LogP) is 2.66. The molecule has 2 aromatic carbocycles. The van der Waals surface area contributed by atoms with Crippen molar-refractivity contribution in [3.63, 3.8) is 0 Å². The molecule has 0 N–H and O–H groups in total. The van der Waals surface area contributed by atoms with Crippen LogP contribution in [0.15, 0.2) is 47.5 Å². The number of para-hydroxylation sites is 1. The first-order valence-corrected chi connectivity index (χ1v) is 7.76. The van der Waals surface area contributed by atoms with Crippen molar-refractivity contribution in [3.8, 4) is 5.75 Å². The number of aryl methyl sites for hydroxylation is 1. The Morgan fingerprint density at radius 1 is 1.10 bits per heavy atom. The van der Waals surface area contributed by atoms with Crippen LogP contribution in [0.4, 0.5) is 0 Å². The third kappa shape index (κ3) is 4.13. The van der Waals surface area contributed by atoms with Crippen LogP contribution in [0.25, 0.3) is 0 Å². The number of hydrogen-bond donors (Lipinski definition) is 0. The minimum atomic E-state index is 0.264. The largest absolute Gasteiger partial charge is 0.467 e. The lowest BCUT2D eigenvalue weighted by molar-refractivity contribution is 0.0514. The number of benzene rings is 2. The number of nitrogens with zero attached hydrogens (tertiary/aromatic N) is 1. The van der Waals surface area contributed by atoms with Crippen molar-refractivity contribution >= 4 is 25.4 Å². The first-order valence-electron chi connectivity index (χ1n) is 6.76. The Bertz CT molecular complexity index is 626. The van der Waals surface area contributed by atoms with Crippen LogP contribution in [0.5, 0.6) is 5.75 Å². The van der Waals surface area contributed by atoms with Gasteiger partial charge in [-0.2, -0.15) is 0 Å². The van der Waals surface area contributed by atoms with Crippen molar-refractivity contribution in [2.24, 2.45) is 4.99 Å². The molecule has 0 saturated heterocycles. The lowest BCUT2D eigenvalue weighted by Crippen LogP contribution is -2.13. The van der Waals surface area contributed by atoms with E-state index in [-0.39, 0.29) is 6.79 Å². The average molecular weight is 301 g/mol. The molecule has 3 nitrogen and oxygen atoms in total. The highest BCUT2D eigenvalue weighted by Crippen LogP contribution is 2.24. The van der Waals surface area contributed by atoms with Crippen LogP contribution in [0.1, 0.15) is 11.1 Å². The fourth-order valence-corrected chi connectivity index (χ4v) is 3.39. The van der Waals surface area contributed by atoms with E-state index in [0.29, 0.717) is 8.58 Å². The van der Waals surface area contributed by atoms with Gasteiger partial charge < -0.3 is 9.47 Å². The van der Waals surface area contributed by atoms with Gasteiger partial charge in [0.2, 0.25) is 0 Å². The number of aliphatic imine (C=N–C) groups is 1. The Labute approximate surface area is 127 Å². The van der Waals surface area contributed by atoms with Crippen LogP contribution in [-0.4, -0.2) is 27.2 Å². The number of hydrogen-bond acceptors (Lipinski definition) is 3. The maximum Gasteiger partial charge on any atom is 0.188 e. The van der Waals surface area contributed by atoms with E-state index in [0.717, 1.165) is 16.9 Å². The van der Waals surface area contributed by atoms with Gasteiger partial charge in [-0.15, -0.1) is 0 Å². The van der Waals surface area contributed by atoms with Crippen LogP contribution in [0.3, 0.4) is 0 Å². The third-order valence-electron chi connectivity index (χ3n) is 3.03. The van der Waals surface area contributed by atoms with E-state index in [2.05, 4.69) is 48.3 Å². The summed E-state index contributed by atoms with van der Waals surface area (Å²) in [5, 5.41) is 2.44. The Morgan fingerprint density at radius 2 is 1.86 bits per heavy atom. The molecule has 2 aromatic rings.